The molecule has 160 valence electrons. The van der Waals surface area contributed by atoms with Crippen molar-refractivity contribution < 1.29 is 19.4 Å². The van der Waals surface area contributed by atoms with Crippen molar-refractivity contribution in [3.05, 3.63) is 70.2 Å². The number of benzene rings is 1. The summed E-state index contributed by atoms with van der Waals surface area (Å²) in [6.45, 7) is 3.69. The van der Waals surface area contributed by atoms with Crippen molar-refractivity contribution in [3.63, 3.8) is 0 Å². The highest BCUT2D eigenvalue weighted by molar-refractivity contribution is 6.09. The van der Waals surface area contributed by atoms with Gasteiger partial charge < -0.3 is 20.5 Å². The van der Waals surface area contributed by atoms with Crippen LogP contribution in [-0.4, -0.2) is 28.9 Å². The number of amides is 1. The van der Waals surface area contributed by atoms with E-state index in [9.17, 15) is 14.7 Å². The molecule has 1 atom stereocenters. The lowest BCUT2D eigenvalue weighted by Crippen LogP contribution is -2.35. The Balaban J connectivity index is 1.81. The predicted octanol–water partition coefficient (Wildman–Crippen LogP) is 3.71. The minimum Gasteiger partial charge on any atom is -0.504 e. The van der Waals surface area contributed by atoms with Gasteiger partial charge in [0.05, 0.1) is 7.11 Å². The molecule has 2 aliphatic rings. The number of phenolic OH excluding ortho intramolecular Hbond substituents is 1. The van der Waals surface area contributed by atoms with Gasteiger partial charge in [0.25, 0.3) is 5.91 Å². The van der Waals surface area contributed by atoms with Crippen LogP contribution in [0, 0.1) is 6.92 Å². The molecule has 0 fully saturated rings. The van der Waals surface area contributed by atoms with Gasteiger partial charge in [-0.05, 0) is 56.5 Å². The van der Waals surface area contributed by atoms with Crippen LogP contribution in [0.3, 0.4) is 0 Å². The number of ketones is 1. The largest absolute Gasteiger partial charge is 0.504 e. The molecule has 2 aromatic rings. The number of hydrogen-bond acceptors (Lipinski definition) is 6. The monoisotopic (exact) mass is 419 g/mol. The van der Waals surface area contributed by atoms with Crippen LogP contribution in [-0.2, 0) is 9.59 Å². The fourth-order valence-corrected chi connectivity index (χ4v) is 4.29. The zero-order valence-corrected chi connectivity index (χ0v) is 17.8. The number of phenols is 1. The zero-order valence-electron chi connectivity index (χ0n) is 17.8. The number of aryl methyl sites for hydroxylation is 1. The number of dihydropyridines is 1. The highest BCUT2D eigenvalue weighted by atomic mass is 16.5. The summed E-state index contributed by atoms with van der Waals surface area (Å²) in [6.07, 6.45) is 1.97. The molecule has 0 unspecified atom stereocenters. The Hall–Kier alpha value is -3.61. The number of methoxy groups -OCH3 is 1. The maximum Gasteiger partial charge on any atom is 0.255 e. The molecular formula is C24H25N3O4. The van der Waals surface area contributed by atoms with Crippen LogP contribution < -0.4 is 15.4 Å². The van der Waals surface area contributed by atoms with Crippen molar-refractivity contribution in [1.29, 1.82) is 0 Å². The number of Topliss-reactive ketones (excluding diaryl/α,β-unsaturated/α-hetero) is 1. The van der Waals surface area contributed by atoms with Crippen LogP contribution in [0.15, 0.2) is 58.9 Å². The van der Waals surface area contributed by atoms with Crippen molar-refractivity contribution in [2.75, 3.05) is 12.4 Å². The Kier molecular flexibility index (Phi) is 5.50. The summed E-state index contributed by atoms with van der Waals surface area (Å²) in [5, 5.41) is 16.2. The first-order valence-electron chi connectivity index (χ1n) is 10.2. The van der Waals surface area contributed by atoms with Gasteiger partial charge in [0.2, 0.25) is 0 Å². The van der Waals surface area contributed by atoms with Gasteiger partial charge >= 0.3 is 0 Å². The van der Waals surface area contributed by atoms with Gasteiger partial charge in [-0.3, -0.25) is 9.59 Å². The number of rotatable bonds is 4. The van der Waals surface area contributed by atoms with Crippen LogP contribution in [0.5, 0.6) is 11.5 Å². The van der Waals surface area contributed by atoms with Gasteiger partial charge in [0, 0.05) is 40.6 Å². The summed E-state index contributed by atoms with van der Waals surface area (Å²) in [6, 6.07) is 10.3. The molecule has 0 saturated heterocycles. The van der Waals surface area contributed by atoms with Gasteiger partial charge in [0.15, 0.2) is 17.3 Å². The van der Waals surface area contributed by atoms with Crippen molar-refractivity contribution in [2.45, 2.75) is 39.0 Å². The number of aromatic hydroxyl groups is 1. The summed E-state index contributed by atoms with van der Waals surface area (Å²) < 4.78 is 5.28. The number of anilines is 1. The maximum absolute atomic E-state index is 13.4. The second-order valence-corrected chi connectivity index (χ2v) is 7.82. The van der Waals surface area contributed by atoms with E-state index in [0.717, 1.165) is 24.2 Å². The lowest BCUT2D eigenvalue weighted by molar-refractivity contribution is -0.116. The molecule has 4 rings (SSSR count). The molecule has 0 radical (unpaired) electrons. The quantitative estimate of drug-likeness (QED) is 0.699. The first-order chi connectivity index (χ1) is 14.9. The minimum atomic E-state index is -0.566. The number of aromatic nitrogens is 1. The smallest absolute Gasteiger partial charge is 0.255 e. The summed E-state index contributed by atoms with van der Waals surface area (Å²) in [5.41, 5.74) is 4.10. The van der Waals surface area contributed by atoms with Gasteiger partial charge in [-0.25, -0.2) is 4.98 Å². The van der Waals surface area contributed by atoms with Crippen LogP contribution >= 0.6 is 0 Å². The number of hydrogen-bond donors (Lipinski definition) is 3. The highest BCUT2D eigenvalue weighted by Gasteiger charge is 2.38. The Labute approximate surface area is 180 Å². The summed E-state index contributed by atoms with van der Waals surface area (Å²) in [7, 11) is 1.47. The Bertz CT molecular complexity index is 1130. The Morgan fingerprint density at radius 3 is 2.77 bits per heavy atom. The van der Waals surface area contributed by atoms with Gasteiger partial charge in [-0.15, -0.1) is 0 Å². The summed E-state index contributed by atoms with van der Waals surface area (Å²) >= 11 is 0. The topological polar surface area (TPSA) is 101 Å². The summed E-state index contributed by atoms with van der Waals surface area (Å²) in [5.74, 6) is -0.132. The normalized spacial score (nSPS) is 18.4. The predicted molar refractivity (Wildman–Crippen MR) is 117 cm³/mol. The first-order valence-corrected chi connectivity index (χ1v) is 10.2. The number of ether oxygens (including phenoxy) is 1. The van der Waals surface area contributed by atoms with Crippen molar-refractivity contribution in [2.24, 2.45) is 0 Å². The number of nitrogens with zero attached hydrogens (tertiary/aromatic N) is 1. The fraction of sp³-hybridized carbons (Fsp3) is 0.292. The van der Waals surface area contributed by atoms with E-state index in [1.807, 2.05) is 26.0 Å². The zero-order chi connectivity index (χ0) is 22.1. The molecule has 1 aliphatic heterocycles. The molecule has 1 aliphatic carbocycles. The van der Waals surface area contributed by atoms with E-state index in [-0.39, 0.29) is 17.4 Å². The van der Waals surface area contributed by atoms with Crippen LogP contribution in [0.1, 0.15) is 43.4 Å². The van der Waals surface area contributed by atoms with Gasteiger partial charge in [0.1, 0.15) is 5.82 Å². The number of carbonyl (C=O) groups excluding carboxylic acids is 2. The van der Waals surface area contributed by atoms with E-state index in [1.54, 1.807) is 18.2 Å². The second-order valence-electron chi connectivity index (χ2n) is 7.82. The average Bonchev–Trinajstić information content (AvgIpc) is 2.73. The average molecular weight is 419 g/mol. The van der Waals surface area contributed by atoms with Crippen LogP contribution in [0.4, 0.5) is 5.82 Å². The van der Waals surface area contributed by atoms with Gasteiger partial charge in [-0.2, -0.15) is 0 Å². The molecule has 1 amide bonds. The third kappa shape index (κ3) is 3.91. The first kappa shape index (κ1) is 20.7. The lowest BCUT2D eigenvalue weighted by atomic mass is 9.75. The fourth-order valence-electron chi connectivity index (χ4n) is 4.29. The van der Waals surface area contributed by atoms with E-state index in [0.29, 0.717) is 40.4 Å². The van der Waals surface area contributed by atoms with E-state index >= 15 is 0 Å². The van der Waals surface area contributed by atoms with E-state index in [1.165, 1.54) is 13.2 Å². The van der Waals surface area contributed by atoms with Crippen LogP contribution in [0.25, 0.3) is 0 Å². The number of nitrogens with one attached hydrogen (secondary N) is 2. The number of allylic oxidation sites excluding steroid dienone is 3. The molecule has 0 bridgehead atoms. The number of carbonyl (C=O) groups is 2. The lowest BCUT2D eigenvalue weighted by Gasteiger charge is -2.34. The number of pyridine rings is 1. The SMILES string of the molecule is COc1cc([C@@H]2C(C(=O)Nc3cccc(C)n3)=C(C)NC3=C2C(=O)CCC3)ccc1O. The Morgan fingerprint density at radius 2 is 2.03 bits per heavy atom. The van der Waals surface area contributed by atoms with E-state index in [2.05, 4.69) is 15.6 Å². The van der Waals surface area contributed by atoms with Crippen LogP contribution in [0.2, 0.25) is 0 Å². The second kappa shape index (κ2) is 8.26. The third-order valence-corrected chi connectivity index (χ3v) is 5.69. The summed E-state index contributed by atoms with van der Waals surface area (Å²) in [4.78, 5) is 30.7. The van der Waals surface area contributed by atoms with Crippen molar-refractivity contribution in [1.82, 2.24) is 10.3 Å². The molecule has 1 aromatic heterocycles. The molecule has 31 heavy (non-hydrogen) atoms. The molecule has 0 saturated carbocycles. The van der Waals surface area contributed by atoms with Crippen molar-refractivity contribution in [3.8, 4) is 11.5 Å². The maximum atomic E-state index is 13.4. The third-order valence-electron chi connectivity index (χ3n) is 5.69. The molecule has 3 N–H and O–H groups in total. The minimum absolute atomic E-state index is 0.0000204. The molecule has 7 nitrogen and oxygen atoms in total. The Morgan fingerprint density at radius 1 is 1.23 bits per heavy atom. The molecule has 1 aromatic carbocycles. The van der Waals surface area contributed by atoms with E-state index < -0.39 is 5.92 Å². The van der Waals surface area contributed by atoms with E-state index in [4.69, 9.17) is 4.74 Å². The van der Waals surface area contributed by atoms with Gasteiger partial charge in [-0.1, -0.05) is 12.1 Å². The highest BCUT2D eigenvalue weighted by Crippen LogP contribution is 2.44. The molecule has 7 heteroatoms. The van der Waals surface area contributed by atoms with Crippen molar-refractivity contribution >= 4 is 17.5 Å². The standard InChI is InChI=1S/C24H25N3O4/c1-13-6-4-9-20(25-13)27-24(30)21-14(2)26-16-7-5-8-18(29)23(16)22(21)15-10-11-17(28)19(12-15)31-3/h4,6,9-12,22,26,28H,5,7-8H2,1-3H3,(H,25,27,30)/t22-/m1/s1. The molecule has 0 spiro atoms. The molecular weight excluding hydrogens is 394 g/mol. The molecule has 2 heterocycles.